The van der Waals surface area contributed by atoms with Crippen molar-refractivity contribution in [3.05, 3.63) is 12.2 Å². The van der Waals surface area contributed by atoms with Gasteiger partial charge in [0.2, 0.25) is 0 Å². The van der Waals surface area contributed by atoms with Crippen LogP contribution in [0.5, 0.6) is 0 Å². The summed E-state index contributed by atoms with van der Waals surface area (Å²) in [7, 11) is 2.25. The van der Waals surface area contributed by atoms with Gasteiger partial charge in [-0.15, -0.1) is 0 Å². The van der Waals surface area contributed by atoms with Crippen LogP contribution >= 0.6 is 0 Å². The van der Waals surface area contributed by atoms with Crippen molar-refractivity contribution >= 4 is 0 Å². The van der Waals surface area contributed by atoms with Gasteiger partial charge in [-0.2, -0.15) is 0 Å². The highest BCUT2D eigenvalue weighted by atomic mass is 15.1. The zero-order valence-electron chi connectivity index (χ0n) is 10.8. The Morgan fingerprint density at radius 1 is 1.00 bits per heavy atom. The Morgan fingerprint density at radius 3 is 2.53 bits per heavy atom. The molecule has 0 saturated carbocycles. The van der Waals surface area contributed by atoms with Crippen LogP contribution in [0.2, 0.25) is 0 Å². The van der Waals surface area contributed by atoms with Crippen molar-refractivity contribution in [3.63, 3.8) is 0 Å². The van der Waals surface area contributed by atoms with Gasteiger partial charge in [0.05, 0.1) is 0 Å². The van der Waals surface area contributed by atoms with Crippen molar-refractivity contribution in [1.29, 1.82) is 0 Å². The minimum Gasteiger partial charge on any atom is -0.306 e. The first-order valence-corrected chi connectivity index (χ1v) is 6.46. The van der Waals surface area contributed by atoms with E-state index in [1.54, 1.807) is 0 Å². The van der Waals surface area contributed by atoms with Crippen LogP contribution in [0.3, 0.4) is 0 Å². The van der Waals surface area contributed by atoms with Gasteiger partial charge >= 0.3 is 0 Å². The van der Waals surface area contributed by atoms with Crippen molar-refractivity contribution in [2.24, 2.45) is 5.41 Å². The lowest BCUT2D eigenvalue weighted by Crippen LogP contribution is -2.21. The molecule has 0 amide bonds. The molecule has 1 aliphatic rings. The SMILES string of the molecule is CN1CCC/C=C\C(C)(C)CCCCC1. The highest BCUT2D eigenvalue weighted by Crippen LogP contribution is 2.25. The molecule has 1 nitrogen and oxygen atoms in total. The van der Waals surface area contributed by atoms with Gasteiger partial charge in [0.15, 0.2) is 0 Å². The molecule has 0 radical (unpaired) electrons. The largest absolute Gasteiger partial charge is 0.306 e. The molecular weight excluding hydrogens is 182 g/mol. The molecule has 0 unspecified atom stereocenters. The molecule has 88 valence electrons. The maximum Gasteiger partial charge on any atom is -0.00188 e. The van der Waals surface area contributed by atoms with Gasteiger partial charge in [-0.25, -0.2) is 0 Å². The average molecular weight is 209 g/mol. The average Bonchev–Trinajstić information content (AvgIpc) is 2.14. The standard InChI is InChI=1S/C14H27N/c1-14(2)10-6-4-8-12-15(3)13-9-5-7-11-14/h6,10H,4-5,7-9,11-13H2,1-3H3/b10-6-. The number of nitrogens with zero attached hydrogens (tertiary/aromatic N) is 1. The Balaban J connectivity index is 2.42. The molecule has 0 bridgehead atoms. The second-order valence-corrected chi connectivity index (χ2v) is 5.65. The molecule has 0 aliphatic carbocycles. The van der Waals surface area contributed by atoms with Crippen LogP contribution in [0.15, 0.2) is 12.2 Å². The lowest BCUT2D eigenvalue weighted by Gasteiger charge is -2.22. The summed E-state index contributed by atoms with van der Waals surface area (Å²) < 4.78 is 0. The third-order valence-corrected chi connectivity index (χ3v) is 3.34. The first-order valence-electron chi connectivity index (χ1n) is 6.46. The molecule has 1 heterocycles. The predicted molar refractivity (Wildman–Crippen MR) is 68.1 cm³/mol. The van der Waals surface area contributed by atoms with Crippen molar-refractivity contribution in [2.75, 3.05) is 20.1 Å². The molecule has 0 fully saturated rings. The second kappa shape index (κ2) is 6.32. The van der Waals surface area contributed by atoms with Gasteiger partial charge in [0.1, 0.15) is 0 Å². The topological polar surface area (TPSA) is 3.24 Å². The molecule has 0 aromatic carbocycles. The van der Waals surface area contributed by atoms with Gasteiger partial charge in [0, 0.05) is 0 Å². The van der Waals surface area contributed by atoms with Crippen LogP contribution in [0.1, 0.15) is 52.4 Å². The second-order valence-electron chi connectivity index (χ2n) is 5.65. The van der Waals surface area contributed by atoms with Crippen LogP contribution in [0.25, 0.3) is 0 Å². The maximum absolute atomic E-state index is 2.47. The molecule has 1 aliphatic heterocycles. The molecule has 0 saturated heterocycles. The molecular formula is C14H27N. The molecule has 0 aromatic heterocycles. The lowest BCUT2D eigenvalue weighted by atomic mass is 9.86. The van der Waals surface area contributed by atoms with Gasteiger partial charge in [-0.3, -0.25) is 0 Å². The summed E-state index contributed by atoms with van der Waals surface area (Å²) in [4.78, 5) is 2.47. The minimum atomic E-state index is 0.422. The maximum atomic E-state index is 2.47. The summed E-state index contributed by atoms with van der Waals surface area (Å²) >= 11 is 0. The first-order chi connectivity index (χ1) is 7.10. The first kappa shape index (κ1) is 12.8. The molecule has 0 aromatic rings. The van der Waals surface area contributed by atoms with Gasteiger partial charge in [-0.1, -0.05) is 38.8 Å². The van der Waals surface area contributed by atoms with Crippen molar-refractivity contribution < 1.29 is 0 Å². The number of hydrogen-bond donors (Lipinski definition) is 0. The van der Waals surface area contributed by atoms with E-state index in [-0.39, 0.29) is 0 Å². The Labute approximate surface area is 95.5 Å². The zero-order valence-corrected chi connectivity index (χ0v) is 10.8. The van der Waals surface area contributed by atoms with Crippen LogP contribution in [0, 0.1) is 5.41 Å². The third-order valence-electron chi connectivity index (χ3n) is 3.34. The van der Waals surface area contributed by atoms with Gasteiger partial charge in [-0.05, 0) is 51.2 Å². The van der Waals surface area contributed by atoms with Gasteiger partial charge < -0.3 is 4.90 Å². The van der Waals surface area contributed by atoms with Gasteiger partial charge in [0.25, 0.3) is 0 Å². The molecule has 1 heteroatoms. The number of allylic oxidation sites excluding steroid dienone is 2. The minimum absolute atomic E-state index is 0.422. The van der Waals surface area contributed by atoms with Crippen molar-refractivity contribution in [2.45, 2.75) is 52.4 Å². The summed E-state index contributed by atoms with van der Waals surface area (Å²) in [5, 5.41) is 0. The van der Waals surface area contributed by atoms with E-state index in [2.05, 4.69) is 37.9 Å². The monoisotopic (exact) mass is 209 g/mol. The van der Waals surface area contributed by atoms with E-state index in [9.17, 15) is 0 Å². The van der Waals surface area contributed by atoms with E-state index in [1.807, 2.05) is 0 Å². The van der Waals surface area contributed by atoms with Crippen LogP contribution in [-0.2, 0) is 0 Å². The molecule has 0 atom stereocenters. The molecule has 1 rings (SSSR count). The Hall–Kier alpha value is -0.300. The smallest absolute Gasteiger partial charge is 0.00188 e. The van der Waals surface area contributed by atoms with E-state index < -0.39 is 0 Å². The highest BCUT2D eigenvalue weighted by molar-refractivity contribution is 4.94. The van der Waals surface area contributed by atoms with E-state index >= 15 is 0 Å². The van der Waals surface area contributed by atoms with Crippen molar-refractivity contribution in [1.82, 2.24) is 4.90 Å². The summed E-state index contributed by atoms with van der Waals surface area (Å²) in [6.45, 7) is 7.26. The van der Waals surface area contributed by atoms with E-state index in [4.69, 9.17) is 0 Å². The lowest BCUT2D eigenvalue weighted by molar-refractivity contribution is 0.312. The fraction of sp³-hybridized carbons (Fsp3) is 0.857. The molecule has 0 N–H and O–H groups in total. The molecule has 0 spiro atoms. The third kappa shape index (κ3) is 5.99. The summed E-state index contributed by atoms with van der Waals surface area (Å²) in [5.41, 5.74) is 0.422. The predicted octanol–water partition coefficient (Wildman–Crippen LogP) is 3.85. The Bertz CT molecular complexity index is 194. The number of hydrogen-bond acceptors (Lipinski definition) is 1. The highest BCUT2D eigenvalue weighted by Gasteiger charge is 2.13. The fourth-order valence-corrected chi connectivity index (χ4v) is 2.22. The quantitative estimate of drug-likeness (QED) is 0.548. The van der Waals surface area contributed by atoms with Crippen molar-refractivity contribution in [3.8, 4) is 0 Å². The Morgan fingerprint density at radius 2 is 1.73 bits per heavy atom. The molecule has 15 heavy (non-hydrogen) atoms. The number of rotatable bonds is 0. The van der Waals surface area contributed by atoms with E-state index in [0.717, 1.165) is 0 Å². The Kier molecular flexibility index (Phi) is 5.38. The normalized spacial score (nSPS) is 27.7. The fourth-order valence-electron chi connectivity index (χ4n) is 2.22. The summed E-state index contributed by atoms with van der Waals surface area (Å²) in [5.74, 6) is 0. The zero-order chi connectivity index (χ0) is 11.1. The summed E-state index contributed by atoms with van der Waals surface area (Å²) in [6.07, 6.45) is 12.8. The van der Waals surface area contributed by atoms with Crippen LogP contribution in [-0.4, -0.2) is 25.0 Å². The van der Waals surface area contributed by atoms with Crippen LogP contribution in [0.4, 0.5) is 0 Å². The summed E-state index contributed by atoms with van der Waals surface area (Å²) in [6, 6.07) is 0. The van der Waals surface area contributed by atoms with E-state index in [0.29, 0.717) is 5.41 Å². The van der Waals surface area contributed by atoms with Crippen LogP contribution < -0.4 is 0 Å². The van der Waals surface area contributed by atoms with E-state index in [1.165, 1.54) is 51.6 Å².